The molecular formula is C28H22F3IN2OS. The SMILES string of the molecule is O=C(c1ccccc1I)N1[C@H](c2ccccc2)C[C@@H](c2ccc(C(F)(F)F)cc2)N1Cc1ccsc1. The summed E-state index contributed by atoms with van der Waals surface area (Å²) in [4.78, 5) is 14.1. The van der Waals surface area contributed by atoms with E-state index in [1.54, 1.807) is 11.3 Å². The molecule has 4 aromatic rings. The molecule has 3 aromatic carbocycles. The molecule has 8 heteroatoms. The lowest BCUT2D eigenvalue weighted by molar-refractivity contribution is -0.137. The first-order valence-corrected chi connectivity index (χ1v) is 13.4. The number of hydrogen-bond donors (Lipinski definition) is 0. The largest absolute Gasteiger partial charge is 0.416 e. The Hall–Kier alpha value is -2.69. The molecule has 0 bridgehead atoms. The fourth-order valence-electron chi connectivity index (χ4n) is 4.69. The van der Waals surface area contributed by atoms with Crippen LogP contribution in [0, 0.1) is 3.57 Å². The van der Waals surface area contributed by atoms with Crippen molar-refractivity contribution in [3.8, 4) is 0 Å². The molecule has 36 heavy (non-hydrogen) atoms. The van der Waals surface area contributed by atoms with Gasteiger partial charge in [-0.1, -0.05) is 54.6 Å². The highest BCUT2D eigenvalue weighted by atomic mass is 127. The lowest BCUT2D eigenvalue weighted by Gasteiger charge is -2.35. The summed E-state index contributed by atoms with van der Waals surface area (Å²) in [5.41, 5.74) is 2.70. The zero-order valence-electron chi connectivity index (χ0n) is 19.0. The van der Waals surface area contributed by atoms with Gasteiger partial charge in [-0.25, -0.2) is 5.01 Å². The van der Waals surface area contributed by atoms with E-state index in [9.17, 15) is 18.0 Å². The number of nitrogens with zero attached hydrogens (tertiary/aromatic N) is 2. The van der Waals surface area contributed by atoms with Gasteiger partial charge in [0.2, 0.25) is 0 Å². The molecule has 1 aromatic heterocycles. The highest BCUT2D eigenvalue weighted by Crippen LogP contribution is 2.46. The number of rotatable bonds is 5. The minimum Gasteiger partial charge on any atom is -0.268 e. The van der Waals surface area contributed by atoms with Gasteiger partial charge in [0.1, 0.15) is 0 Å². The Kier molecular flexibility index (Phi) is 7.18. The van der Waals surface area contributed by atoms with Gasteiger partial charge in [-0.05, 0) is 86.8 Å². The maximum Gasteiger partial charge on any atom is 0.416 e. The number of alkyl halides is 3. The van der Waals surface area contributed by atoms with Crippen molar-refractivity contribution in [2.45, 2.75) is 31.2 Å². The van der Waals surface area contributed by atoms with Crippen LogP contribution in [-0.4, -0.2) is 15.9 Å². The Labute approximate surface area is 225 Å². The first-order chi connectivity index (χ1) is 17.3. The van der Waals surface area contributed by atoms with E-state index >= 15 is 0 Å². The van der Waals surface area contributed by atoms with Gasteiger partial charge in [0.15, 0.2) is 0 Å². The first kappa shape index (κ1) is 25.0. The highest BCUT2D eigenvalue weighted by molar-refractivity contribution is 14.1. The third kappa shape index (κ3) is 5.07. The second-order valence-corrected chi connectivity index (χ2v) is 10.6. The van der Waals surface area contributed by atoms with E-state index in [0.29, 0.717) is 18.5 Å². The molecule has 0 aliphatic carbocycles. The van der Waals surface area contributed by atoms with Gasteiger partial charge in [-0.2, -0.15) is 24.5 Å². The van der Waals surface area contributed by atoms with Crippen LogP contribution in [-0.2, 0) is 12.7 Å². The van der Waals surface area contributed by atoms with Crippen molar-refractivity contribution in [3.05, 3.63) is 127 Å². The lowest BCUT2D eigenvalue weighted by Crippen LogP contribution is -2.43. The molecule has 0 N–H and O–H groups in total. The smallest absolute Gasteiger partial charge is 0.268 e. The predicted molar refractivity (Wildman–Crippen MR) is 143 cm³/mol. The first-order valence-electron chi connectivity index (χ1n) is 11.4. The minimum absolute atomic E-state index is 0.126. The van der Waals surface area contributed by atoms with E-state index in [2.05, 4.69) is 22.6 Å². The van der Waals surface area contributed by atoms with Crippen molar-refractivity contribution >= 4 is 39.8 Å². The number of hydrazine groups is 1. The van der Waals surface area contributed by atoms with Gasteiger partial charge in [0.25, 0.3) is 5.91 Å². The van der Waals surface area contributed by atoms with Gasteiger partial charge in [-0.15, -0.1) is 0 Å². The maximum atomic E-state index is 14.1. The summed E-state index contributed by atoms with van der Waals surface area (Å²) in [5.74, 6) is -0.126. The normalized spacial score (nSPS) is 18.5. The molecule has 1 amide bonds. The van der Waals surface area contributed by atoms with Crippen LogP contribution >= 0.6 is 33.9 Å². The molecule has 1 fully saturated rings. The molecule has 0 unspecified atom stereocenters. The summed E-state index contributed by atoms with van der Waals surface area (Å²) in [5, 5.41) is 7.86. The van der Waals surface area contributed by atoms with Gasteiger partial charge in [0, 0.05) is 10.1 Å². The molecule has 1 aliphatic heterocycles. The number of benzene rings is 3. The molecule has 3 nitrogen and oxygen atoms in total. The molecule has 0 saturated carbocycles. The predicted octanol–water partition coefficient (Wildman–Crippen LogP) is 8.12. The number of carbonyl (C=O) groups is 1. The van der Waals surface area contributed by atoms with Crippen LogP contribution in [0.25, 0.3) is 0 Å². The average Bonchev–Trinajstić information content (AvgIpc) is 3.52. The summed E-state index contributed by atoms with van der Waals surface area (Å²) in [6.07, 6.45) is -3.84. The average molecular weight is 618 g/mol. The Morgan fingerprint density at radius 1 is 0.889 bits per heavy atom. The molecule has 0 spiro atoms. The topological polar surface area (TPSA) is 23.6 Å². The van der Waals surface area contributed by atoms with E-state index in [-0.39, 0.29) is 18.0 Å². The lowest BCUT2D eigenvalue weighted by atomic mass is 9.96. The fourth-order valence-corrected chi connectivity index (χ4v) is 5.97. The van der Waals surface area contributed by atoms with Crippen LogP contribution in [0.2, 0.25) is 0 Å². The van der Waals surface area contributed by atoms with Gasteiger partial charge >= 0.3 is 6.18 Å². The van der Waals surface area contributed by atoms with Gasteiger partial charge in [-0.3, -0.25) is 9.80 Å². The van der Waals surface area contributed by atoms with E-state index in [0.717, 1.165) is 32.4 Å². The van der Waals surface area contributed by atoms with Crippen molar-refractivity contribution in [3.63, 3.8) is 0 Å². The van der Waals surface area contributed by atoms with Crippen molar-refractivity contribution in [1.82, 2.24) is 10.0 Å². The summed E-state index contributed by atoms with van der Waals surface area (Å²) in [6, 6.07) is 24.1. The highest BCUT2D eigenvalue weighted by Gasteiger charge is 2.44. The zero-order valence-corrected chi connectivity index (χ0v) is 22.0. The van der Waals surface area contributed by atoms with Crippen molar-refractivity contribution in [1.29, 1.82) is 0 Å². The van der Waals surface area contributed by atoms with Crippen LogP contribution in [0.1, 0.15) is 51.1 Å². The zero-order chi connectivity index (χ0) is 25.3. The van der Waals surface area contributed by atoms with Crippen molar-refractivity contribution in [2.24, 2.45) is 0 Å². The van der Waals surface area contributed by atoms with Crippen LogP contribution in [0.4, 0.5) is 13.2 Å². The molecule has 1 aliphatic rings. The number of amides is 1. The summed E-state index contributed by atoms with van der Waals surface area (Å²) in [6.45, 7) is 0.466. The van der Waals surface area contributed by atoms with Crippen LogP contribution in [0.3, 0.4) is 0 Å². The number of thiophene rings is 1. The summed E-state index contributed by atoms with van der Waals surface area (Å²) in [7, 11) is 0. The standard InChI is InChI=1S/C28H22F3IN2OS/c29-28(30,31)22-12-10-21(11-13-22)25-16-26(20-6-2-1-3-7-20)34(33(25)17-19-14-15-36-18-19)27(35)23-8-4-5-9-24(23)32/h1-15,18,25-26H,16-17H2/t25-,26-/m0/s1. The third-order valence-electron chi connectivity index (χ3n) is 6.42. The maximum absolute atomic E-state index is 14.1. The van der Waals surface area contributed by atoms with Crippen molar-refractivity contribution in [2.75, 3.05) is 0 Å². The molecule has 0 radical (unpaired) electrons. The Morgan fingerprint density at radius 2 is 1.56 bits per heavy atom. The molecular weight excluding hydrogens is 596 g/mol. The minimum atomic E-state index is -4.40. The van der Waals surface area contributed by atoms with Crippen LogP contribution in [0.5, 0.6) is 0 Å². The summed E-state index contributed by atoms with van der Waals surface area (Å²) < 4.78 is 40.6. The number of carbonyl (C=O) groups excluding carboxylic acids is 1. The van der Waals surface area contributed by atoms with Gasteiger partial charge < -0.3 is 0 Å². The second kappa shape index (κ2) is 10.4. The Balaban J connectivity index is 1.61. The molecule has 1 saturated heterocycles. The number of hydrogen-bond acceptors (Lipinski definition) is 3. The second-order valence-electron chi connectivity index (χ2n) is 8.66. The Morgan fingerprint density at radius 3 is 2.19 bits per heavy atom. The van der Waals surface area contributed by atoms with Crippen LogP contribution in [0.15, 0.2) is 95.7 Å². The van der Waals surface area contributed by atoms with Crippen molar-refractivity contribution < 1.29 is 18.0 Å². The van der Waals surface area contributed by atoms with E-state index in [1.807, 2.05) is 81.4 Å². The monoisotopic (exact) mass is 618 g/mol. The number of halogens is 4. The molecule has 5 rings (SSSR count). The van der Waals surface area contributed by atoms with E-state index in [1.165, 1.54) is 12.1 Å². The van der Waals surface area contributed by atoms with Gasteiger partial charge in [0.05, 0.1) is 23.2 Å². The summed E-state index contributed by atoms with van der Waals surface area (Å²) >= 11 is 3.74. The molecule has 2 heterocycles. The van der Waals surface area contributed by atoms with E-state index in [4.69, 9.17) is 0 Å². The van der Waals surface area contributed by atoms with Crippen LogP contribution < -0.4 is 0 Å². The quantitative estimate of drug-likeness (QED) is 0.211. The fraction of sp³-hybridized carbons (Fsp3) is 0.179. The van der Waals surface area contributed by atoms with E-state index < -0.39 is 11.7 Å². The molecule has 184 valence electrons. The Bertz CT molecular complexity index is 1330. The third-order valence-corrected chi connectivity index (χ3v) is 8.10. The molecule has 2 atom stereocenters.